The van der Waals surface area contributed by atoms with E-state index in [1.54, 1.807) is 48.5 Å². The molecule has 1 heterocycles. The van der Waals surface area contributed by atoms with Crippen molar-refractivity contribution in [1.82, 2.24) is 4.73 Å². The molecule has 0 saturated carbocycles. The summed E-state index contributed by atoms with van der Waals surface area (Å²) in [4.78, 5) is 18.9. The third-order valence-electron chi connectivity index (χ3n) is 5.42. The topological polar surface area (TPSA) is 67.4 Å². The number of nitrogens with zero attached hydrogens (tertiary/aromatic N) is 2. The van der Waals surface area contributed by atoms with Crippen molar-refractivity contribution < 1.29 is 23.1 Å². The second kappa shape index (κ2) is 9.26. The SMILES string of the molecule is O=c1c(-c2ccc(Oc3ccccc3)cc2)[n+]([O-])c2ccccc2n1OCc1c(F)cccc1F. The standard InChI is InChI=1S/C27H18F2N2O4/c28-22-9-6-10-23(29)21(22)17-34-31-25-12-5-4-11-24(25)30(33)26(27(31)32)18-13-15-20(16-14-18)35-19-7-2-1-3-8-19/h1-16H,17H2. The average molecular weight is 472 g/mol. The molecule has 0 aliphatic carbocycles. The van der Waals surface area contributed by atoms with E-state index >= 15 is 0 Å². The van der Waals surface area contributed by atoms with Crippen LogP contribution in [0, 0.1) is 16.8 Å². The lowest BCUT2D eigenvalue weighted by Gasteiger charge is -2.15. The highest BCUT2D eigenvalue weighted by atomic mass is 19.1. The lowest BCUT2D eigenvalue weighted by molar-refractivity contribution is -0.566. The van der Waals surface area contributed by atoms with E-state index in [1.807, 2.05) is 18.2 Å². The van der Waals surface area contributed by atoms with E-state index in [0.29, 0.717) is 21.8 Å². The third-order valence-corrected chi connectivity index (χ3v) is 5.42. The zero-order valence-corrected chi connectivity index (χ0v) is 18.2. The Hall–Kier alpha value is -4.72. The number of para-hydroxylation sites is 3. The van der Waals surface area contributed by atoms with E-state index in [4.69, 9.17) is 9.57 Å². The van der Waals surface area contributed by atoms with E-state index in [2.05, 4.69) is 0 Å². The number of halogens is 2. The van der Waals surface area contributed by atoms with Gasteiger partial charge in [0.25, 0.3) is 5.69 Å². The average Bonchev–Trinajstić information content (AvgIpc) is 2.87. The van der Waals surface area contributed by atoms with Gasteiger partial charge in [-0.05, 0) is 54.6 Å². The Balaban J connectivity index is 1.55. The highest BCUT2D eigenvalue weighted by Gasteiger charge is 2.24. The van der Waals surface area contributed by atoms with Crippen molar-refractivity contribution in [3.05, 3.63) is 130 Å². The largest absolute Gasteiger partial charge is 0.618 e. The van der Waals surface area contributed by atoms with Gasteiger partial charge in [0.1, 0.15) is 29.7 Å². The van der Waals surface area contributed by atoms with Gasteiger partial charge in [-0.1, -0.05) is 36.4 Å². The summed E-state index contributed by atoms with van der Waals surface area (Å²) in [6.07, 6.45) is 0. The number of benzene rings is 4. The van der Waals surface area contributed by atoms with Gasteiger partial charge in [0.2, 0.25) is 5.52 Å². The summed E-state index contributed by atoms with van der Waals surface area (Å²) < 4.78 is 35.4. The molecule has 0 bridgehead atoms. The van der Waals surface area contributed by atoms with Crippen molar-refractivity contribution in [2.45, 2.75) is 6.61 Å². The molecule has 0 spiro atoms. The molecular formula is C27H18F2N2O4. The molecule has 5 rings (SSSR count). The van der Waals surface area contributed by atoms with Crippen LogP contribution < -0.4 is 19.9 Å². The Bertz CT molecular complexity index is 1550. The van der Waals surface area contributed by atoms with Gasteiger partial charge in [-0.25, -0.2) is 8.78 Å². The zero-order valence-electron chi connectivity index (χ0n) is 18.2. The number of hydrogen-bond donors (Lipinski definition) is 0. The fraction of sp³-hybridized carbons (Fsp3) is 0.0370. The van der Waals surface area contributed by atoms with Crippen molar-refractivity contribution in [3.8, 4) is 22.8 Å². The van der Waals surface area contributed by atoms with Gasteiger partial charge in [0.05, 0.1) is 11.1 Å². The van der Waals surface area contributed by atoms with Gasteiger partial charge < -0.3 is 14.8 Å². The van der Waals surface area contributed by atoms with Crippen LogP contribution in [0.2, 0.25) is 0 Å². The summed E-state index contributed by atoms with van der Waals surface area (Å²) in [6, 6.07) is 25.4. The molecule has 5 aromatic rings. The van der Waals surface area contributed by atoms with Crippen molar-refractivity contribution >= 4 is 11.0 Å². The highest BCUT2D eigenvalue weighted by molar-refractivity contribution is 5.73. The molecule has 35 heavy (non-hydrogen) atoms. The molecule has 0 N–H and O–H groups in total. The molecule has 6 nitrogen and oxygen atoms in total. The Morgan fingerprint density at radius 1 is 0.771 bits per heavy atom. The van der Waals surface area contributed by atoms with E-state index in [1.165, 1.54) is 18.2 Å². The normalized spacial score (nSPS) is 10.9. The van der Waals surface area contributed by atoms with Crippen LogP contribution in [0.1, 0.15) is 5.56 Å². The Morgan fingerprint density at radius 3 is 2.11 bits per heavy atom. The maximum absolute atomic E-state index is 14.1. The first-order valence-electron chi connectivity index (χ1n) is 10.7. The van der Waals surface area contributed by atoms with Gasteiger partial charge >= 0.3 is 5.56 Å². The first-order valence-corrected chi connectivity index (χ1v) is 10.7. The number of rotatable bonds is 6. The maximum Gasteiger partial charge on any atom is 0.357 e. The Morgan fingerprint density at radius 2 is 1.40 bits per heavy atom. The Kier molecular flexibility index (Phi) is 5.85. The Labute approximate surface area is 198 Å². The summed E-state index contributed by atoms with van der Waals surface area (Å²) in [5.41, 5.74) is -0.661. The van der Waals surface area contributed by atoms with Crippen LogP contribution in [0.3, 0.4) is 0 Å². The van der Waals surface area contributed by atoms with Crippen molar-refractivity contribution in [2.24, 2.45) is 0 Å². The molecule has 0 aliphatic rings. The van der Waals surface area contributed by atoms with E-state index in [9.17, 15) is 18.8 Å². The first kappa shape index (κ1) is 22.1. The fourth-order valence-corrected chi connectivity index (χ4v) is 3.69. The van der Waals surface area contributed by atoms with Crippen LogP contribution >= 0.6 is 0 Å². The number of hydrogen-bond acceptors (Lipinski definition) is 4. The molecule has 0 atom stereocenters. The van der Waals surface area contributed by atoms with Gasteiger partial charge in [-0.15, -0.1) is 4.73 Å². The second-order valence-electron chi connectivity index (χ2n) is 7.64. The minimum atomic E-state index is -0.800. The second-order valence-corrected chi connectivity index (χ2v) is 7.64. The molecular weight excluding hydrogens is 454 g/mol. The fourth-order valence-electron chi connectivity index (χ4n) is 3.69. The molecule has 0 aliphatic heterocycles. The van der Waals surface area contributed by atoms with Crippen LogP contribution in [0.4, 0.5) is 8.78 Å². The summed E-state index contributed by atoms with van der Waals surface area (Å²) in [7, 11) is 0. The minimum Gasteiger partial charge on any atom is -0.618 e. The molecule has 0 fully saturated rings. The number of aromatic nitrogens is 2. The molecule has 0 saturated heterocycles. The van der Waals surface area contributed by atoms with Crippen LogP contribution in [0.25, 0.3) is 22.3 Å². The molecule has 0 radical (unpaired) electrons. The molecule has 8 heteroatoms. The molecule has 0 amide bonds. The maximum atomic E-state index is 14.1. The van der Waals surface area contributed by atoms with Crippen molar-refractivity contribution in [1.29, 1.82) is 0 Å². The van der Waals surface area contributed by atoms with Crippen molar-refractivity contribution in [3.63, 3.8) is 0 Å². The van der Waals surface area contributed by atoms with Gasteiger partial charge in [-0.2, -0.15) is 4.73 Å². The minimum absolute atomic E-state index is 0.153. The summed E-state index contributed by atoms with van der Waals surface area (Å²) in [6.45, 7) is -0.547. The van der Waals surface area contributed by atoms with Gasteiger partial charge in [0.15, 0.2) is 5.52 Å². The van der Waals surface area contributed by atoms with Gasteiger partial charge in [-0.3, -0.25) is 4.79 Å². The third kappa shape index (κ3) is 4.29. The van der Waals surface area contributed by atoms with Crippen LogP contribution in [0.15, 0.2) is 102 Å². The molecule has 4 aromatic carbocycles. The van der Waals surface area contributed by atoms with E-state index in [-0.39, 0.29) is 22.3 Å². The summed E-state index contributed by atoms with van der Waals surface area (Å²) in [5.74, 6) is -0.441. The van der Waals surface area contributed by atoms with Gasteiger partial charge in [0, 0.05) is 6.07 Å². The first-order chi connectivity index (χ1) is 17.0. The number of ether oxygens (including phenoxy) is 1. The lowest BCUT2D eigenvalue weighted by Crippen LogP contribution is -2.42. The quantitative estimate of drug-likeness (QED) is 0.258. The van der Waals surface area contributed by atoms with Crippen molar-refractivity contribution in [2.75, 3.05) is 0 Å². The highest BCUT2D eigenvalue weighted by Crippen LogP contribution is 2.24. The lowest BCUT2D eigenvalue weighted by atomic mass is 10.1. The predicted octanol–water partition coefficient (Wildman–Crippen LogP) is 5.00. The summed E-state index contributed by atoms with van der Waals surface area (Å²) in [5, 5.41) is 13.2. The van der Waals surface area contributed by atoms with E-state index in [0.717, 1.165) is 16.9 Å². The molecule has 1 aromatic heterocycles. The molecule has 0 unspecified atom stereocenters. The number of fused-ring (bicyclic) bond motifs is 1. The summed E-state index contributed by atoms with van der Waals surface area (Å²) >= 11 is 0. The van der Waals surface area contributed by atoms with Crippen LogP contribution in [-0.4, -0.2) is 4.73 Å². The molecule has 174 valence electrons. The van der Waals surface area contributed by atoms with Crippen LogP contribution in [0.5, 0.6) is 11.5 Å². The monoisotopic (exact) mass is 472 g/mol. The van der Waals surface area contributed by atoms with Crippen LogP contribution in [-0.2, 0) is 6.61 Å². The smallest absolute Gasteiger partial charge is 0.357 e. The zero-order chi connectivity index (χ0) is 24.4. The predicted molar refractivity (Wildman–Crippen MR) is 126 cm³/mol. The van der Waals surface area contributed by atoms with E-state index < -0.39 is 23.8 Å².